The van der Waals surface area contributed by atoms with E-state index in [1.54, 1.807) is 12.1 Å². The third kappa shape index (κ3) is 4.02. The largest absolute Gasteiger partial charge is 0.366 e. The summed E-state index contributed by atoms with van der Waals surface area (Å²) >= 11 is 0. The van der Waals surface area contributed by atoms with Crippen LogP contribution in [0.1, 0.15) is 36.5 Å². The predicted molar refractivity (Wildman–Crippen MR) is 115 cm³/mol. The standard InChI is InChI=1S/C25H27FN2O2/c1-17-5-9-20(10-6-17)22-23(27-14-3-4-18(2)16-27)25(30)28(24(22)29)15-13-19-7-11-21(26)12-8-19/h5-12,18H,3-4,13-16H2,1-2H3. The number of piperidine rings is 1. The van der Waals surface area contributed by atoms with Gasteiger partial charge in [0.15, 0.2) is 0 Å². The van der Waals surface area contributed by atoms with Crippen LogP contribution in [-0.2, 0) is 16.0 Å². The SMILES string of the molecule is Cc1ccc(C2=C(N3CCCC(C)C3)C(=O)N(CCc3ccc(F)cc3)C2=O)cc1. The van der Waals surface area contributed by atoms with Gasteiger partial charge in [-0.3, -0.25) is 14.5 Å². The van der Waals surface area contributed by atoms with E-state index in [2.05, 4.69) is 11.8 Å². The molecule has 1 atom stereocenters. The molecule has 30 heavy (non-hydrogen) atoms. The summed E-state index contributed by atoms with van der Waals surface area (Å²) in [5.41, 5.74) is 3.84. The summed E-state index contributed by atoms with van der Waals surface area (Å²) < 4.78 is 13.2. The number of imide groups is 1. The first-order chi connectivity index (χ1) is 14.4. The Labute approximate surface area is 177 Å². The molecule has 0 aromatic heterocycles. The van der Waals surface area contributed by atoms with Gasteiger partial charge >= 0.3 is 0 Å². The molecule has 5 heteroatoms. The van der Waals surface area contributed by atoms with Crippen molar-refractivity contribution in [2.45, 2.75) is 33.1 Å². The van der Waals surface area contributed by atoms with Crippen LogP contribution in [-0.4, -0.2) is 41.2 Å². The van der Waals surface area contributed by atoms with Crippen LogP contribution >= 0.6 is 0 Å². The van der Waals surface area contributed by atoms with Crippen LogP contribution in [0.25, 0.3) is 5.57 Å². The molecule has 0 radical (unpaired) electrons. The third-order valence-electron chi connectivity index (χ3n) is 5.99. The highest BCUT2D eigenvalue weighted by atomic mass is 19.1. The third-order valence-corrected chi connectivity index (χ3v) is 5.99. The minimum absolute atomic E-state index is 0.216. The van der Waals surface area contributed by atoms with Gasteiger partial charge in [-0.25, -0.2) is 4.39 Å². The van der Waals surface area contributed by atoms with E-state index < -0.39 is 0 Å². The normalized spacial score (nSPS) is 19.8. The van der Waals surface area contributed by atoms with E-state index in [0.717, 1.165) is 42.6 Å². The second-order valence-corrected chi connectivity index (χ2v) is 8.42. The Morgan fingerprint density at radius 1 is 1.00 bits per heavy atom. The Morgan fingerprint density at radius 3 is 2.37 bits per heavy atom. The van der Waals surface area contributed by atoms with E-state index in [0.29, 0.717) is 23.6 Å². The fourth-order valence-corrected chi connectivity index (χ4v) is 4.32. The summed E-state index contributed by atoms with van der Waals surface area (Å²) in [5.74, 6) is -0.260. The van der Waals surface area contributed by atoms with Crippen molar-refractivity contribution < 1.29 is 14.0 Å². The molecule has 2 amide bonds. The van der Waals surface area contributed by atoms with Crippen molar-refractivity contribution in [3.05, 3.63) is 76.7 Å². The molecule has 2 heterocycles. The van der Waals surface area contributed by atoms with Crippen LogP contribution in [0, 0.1) is 18.7 Å². The second-order valence-electron chi connectivity index (χ2n) is 8.42. The highest BCUT2D eigenvalue weighted by Crippen LogP contribution is 2.34. The lowest BCUT2D eigenvalue weighted by Crippen LogP contribution is -2.39. The number of aryl methyl sites for hydroxylation is 1. The summed E-state index contributed by atoms with van der Waals surface area (Å²) in [6.07, 6.45) is 2.66. The average molecular weight is 407 g/mol. The van der Waals surface area contributed by atoms with Gasteiger partial charge in [0.1, 0.15) is 11.5 Å². The lowest BCUT2D eigenvalue weighted by molar-refractivity contribution is -0.137. The van der Waals surface area contributed by atoms with Gasteiger partial charge in [0.2, 0.25) is 0 Å². The number of hydrogen-bond donors (Lipinski definition) is 0. The van der Waals surface area contributed by atoms with E-state index in [1.165, 1.54) is 17.0 Å². The molecule has 0 saturated carbocycles. The maximum atomic E-state index is 13.4. The number of benzene rings is 2. The quantitative estimate of drug-likeness (QED) is 0.699. The lowest BCUT2D eigenvalue weighted by Gasteiger charge is -2.33. The van der Waals surface area contributed by atoms with Gasteiger partial charge in [0, 0.05) is 19.6 Å². The molecule has 4 nitrogen and oxygen atoms in total. The van der Waals surface area contributed by atoms with Gasteiger partial charge in [0.05, 0.1) is 5.57 Å². The Morgan fingerprint density at radius 2 is 1.70 bits per heavy atom. The molecular weight excluding hydrogens is 379 g/mol. The fourth-order valence-electron chi connectivity index (χ4n) is 4.32. The topological polar surface area (TPSA) is 40.6 Å². The van der Waals surface area contributed by atoms with Crippen LogP contribution in [0.2, 0.25) is 0 Å². The van der Waals surface area contributed by atoms with Crippen LogP contribution in [0.3, 0.4) is 0 Å². The van der Waals surface area contributed by atoms with Gasteiger partial charge in [-0.15, -0.1) is 0 Å². The maximum Gasteiger partial charge on any atom is 0.277 e. The molecule has 1 fully saturated rings. The number of carbonyl (C=O) groups is 2. The molecule has 0 bridgehead atoms. The summed E-state index contributed by atoms with van der Waals surface area (Å²) in [4.78, 5) is 30.2. The van der Waals surface area contributed by atoms with Crippen LogP contribution in [0.15, 0.2) is 54.2 Å². The van der Waals surface area contributed by atoms with Crippen molar-refractivity contribution in [1.82, 2.24) is 9.80 Å². The van der Waals surface area contributed by atoms with Crippen molar-refractivity contribution in [2.24, 2.45) is 5.92 Å². The van der Waals surface area contributed by atoms with Crippen LogP contribution in [0.5, 0.6) is 0 Å². The smallest absolute Gasteiger partial charge is 0.277 e. The molecule has 1 saturated heterocycles. The average Bonchev–Trinajstić information content (AvgIpc) is 2.98. The molecule has 2 aliphatic rings. The Bertz CT molecular complexity index is 979. The summed E-state index contributed by atoms with van der Waals surface area (Å²) in [5, 5.41) is 0. The second kappa shape index (κ2) is 8.42. The van der Waals surface area contributed by atoms with Gasteiger partial charge in [-0.2, -0.15) is 0 Å². The van der Waals surface area contributed by atoms with E-state index in [1.807, 2.05) is 31.2 Å². The minimum Gasteiger partial charge on any atom is -0.366 e. The van der Waals surface area contributed by atoms with Gasteiger partial charge in [-0.1, -0.05) is 48.9 Å². The van der Waals surface area contributed by atoms with E-state index in [4.69, 9.17) is 0 Å². The molecule has 2 aromatic carbocycles. The van der Waals surface area contributed by atoms with E-state index >= 15 is 0 Å². The highest BCUT2D eigenvalue weighted by Gasteiger charge is 2.41. The summed E-state index contributed by atoms with van der Waals surface area (Å²) in [7, 11) is 0. The summed E-state index contributed by atoms with van der Waals surface area (Å²) in [6.45, 7) is 6.05. The Balaban J connectivity index is 1.64. The number of halogens is 1. The number of nitrogens with zero attached hydrogens (tertiary/aromatic N) is 2. The zero-order valence-corrected chi connectivity index (χ0v) is 17.5. The van der Waals surface area contributed by atoms with Gasteiger partial charge in [0.25, 0.3) is 11.8 Å². The molecule has 2 aliphatic heterocycles. The molecule has 0 N–H and O–H groups in total. The van der Waals surface area contributed by atoms with Crippen molar-refractivity contribution in [3.63, 3.8) is 0 Å². The fraction of sp³-hybridized carbons (Fsp3) is 0.360. The van der Waals surface area contributed by atoms with Gasteiger partial charge < -0.3 is 4.90 Å². The summed E-state index contributed by atoms with van der Waals surface area (Å²) in [6, 6.07) is 14.0. The molecule has 1 unspecified atom stereocenters. The van der Waals surface area contributed by atoms with E-state index in [9.17, 15) is 14.0 Å². The van der Waals surface area contributed by atoms with Crippen molar-refractivity contribution in [2.75, 3.05) is 19.6 Å². The molecule has 0 spiro atoms. The molecule has 156 valence electrons. The Hall–Kier alpha value is -2.95. The molecule has 2 aromatic rings. The van der Waals surface area contributed by atoms with Gasteiger partial charge in [-0.05, 0) is 55.4 Å². The minimum atomic E-state index is -0.295. The first-order valence-electron chi connectivity index (χ1n) is 10.6. The lowest BCUT2D eigenvalue weighted by atomic mass is 9.97. The molecular formula is C25H27FN2O2. The number of likely N-dealkylation sites (tertiary alicyclic amines) is 1. The van der Waals surface area contributed by atoms with Crippen LogP contribution in [0.4, 0.5) is 4.39 Å². The maximum absolute atomic E-state index is 13.4. The van der Waals surface area contributed by atoms with Crippen molar-refractivity contribution in [1.29, 1.82) is 0 Å². The monoisotopic (exact) mass is 406 g/mol. The Kier molecular flexibility index (Phi) is 5.71. The molecule has 0 aliphatic carbocycles. The number of carbonyl (C=O) groups excluding carboxylic acids is 2. The predicted octanol–water partition coefficient (Wildman–Crippen LogP) is 4.19. The number of amides is 2. The van der Waals surface area contributed by atoms with Crippen LogP contribution < -0.4 is 0 Å². The zero-order chi connectivity index (χ0) is 21.3. The first kappa shape index (κ1) is 20.3. The van der Waals surface area contributed by atoms with E-state index in [-0.39, 0.29) is 24.2 Å². The number of rotatable bonds is 5. The highest BCUT2D eigenvalue weighted by molar-refractivity contribution is 6.35. The zero-order valence-electron chi connectivity index (χ0n) is 17.5. The molecule has 4 rings (SSSR count). The first-order valence-corrected chi connectivity index (χ1v) is 10.6. The van der Waals surface area contributed by atoms with Crippen molar-refractivity contribution >= 4 is 17.4 Å². The number of hydrogen-bond acceptors (Lipinski definition) is 3. The van der Waals surface area contributed by atoms with Crippen molar-refractivity contribution in [3.8, 4) is 0 Å².